The zero-order valence-electron chi connectivity index (χ0n) is 13.9. The largest absolute Gasteiger partial charge is 0.352 e. The number of likely N-dealkylation sites (N-methyl/N-ethyl adjacent to an activating group) is 1. The van der Waals surface area contributed by atoms with Crippen LogP contribution in [0.3, 0.4) is 0 Å². The molecule has 1 N–H and O–H groups in total. The Bertz CT molecular complexity index is 748. The van der Waals surface area contributed by atoms with E-state index in [1.807, 2.05) is 0 Å². The van der Waals surface area contributed by atoms with E-state index in [1.165, 1.54) is 21.9 Å². The standard InChI is InChI=1S/C16H23N5O2S/c1-2-19-6-8-20(9-7-19)5-3-4-17-14(22)13-12-18-16-21(15(13)23)10-11-24-16/h10-12H,2-9H2,1H3,(H,17,22). The SMILES string of the molecule is CCN1CCN(CCCNC(=O)c2cnc3sccn3c2=O)CC1. The summed E-state index contributed by atoms with van der Waals surface area (Å²) in [6.45, 7) is 9.25. The first-order chi connectivity index (χ1) is 11.7. The predicted molar refractivity (Wildman–Crippen MR) is 94.8 cm³/mol. The van der Waals surface area contributed by atoms with E-state index in [1.54, 1.807) is 11.6 Å². The van der Waals surface area contributed by atoms with E-state index < -0.39 is 0 Å². The van der Waals surface area contributed by atoms with Crippen LogP contribution in [0.25, 0.3) is 4.96 Å². The zero-order chi connectivity index (χ0) is 16.9. The van der Waals surface area contributed by atoms with Gasteiger partial charge in [0.1, 0.15) is 5.56 Å². The van der Waals surface area contributed by atoms with Crippen LogP contribution >= 0.6 is 11.3 Å². The maximum Gasteiger partial charge on any atom is 0.271 e. The second-order valence-electron chi connectivity index (χ2n) is 5.92. The van der Waals surface area contributed by atoms with E-state index in [0.29, 0.717) is 11.5 Å². The maximum atomic E-state index is 12.2. The summed E-state index contributed by atoms with van der Waals surface area (Å²) in [5, 5.41) is 4.61. The highest BCUT2D eigenvalue weighted by atomic mass is 32.1. The number of fused-ring (bicyclic) bond motifs is 1. The third-order valence-corrected chi connectivity index (χ3v) is 5.21. The lowest BCUT2D eigenvalue weighted by atomic mass is 10.2. The number of amides is 1. The van der Waals surface area contributed by atoms with Gasteiger partial charge in [0.25, 0.3) is 11.5 Å². The Hall–Kier alpha value is -1.77. The summed E-state index contributed by atoms with van der Waals surface area (Å²) in [5.41, 5.74) is -0.211. The fourth-order valence-electron chi connectivity index (χ4n) is 2.91. The van der Waals surface area contributed by atoms with E-state index in [2.05, 4.69) is 27.0 Å². The van der Waals surface area contributed by atoms with Gasteiger partial charge in [0.2, 0.25) is 0 Å². The van der Waals surface area contributed by atoms with Gasteiger partial charge in [0.05, 0.1) is 0 Å². The molecule has 1 aliphatic rings. The lowest BCUT2D eigenvalue weighted by molar-refractivity contribution is 0.0946. The molecule has 130 valence electrons. The average Bonchev–Trinajstić information content (AvgIpc) is 3.09. The minimum atomic E-state index is -0.344. The molecule has 0 aliphatic carbocycles. The van der Waals surface area contributed by atoms with Crippen molar-refractivity contribution in [2.24, 2.45) is 0 Å². The summed E-state index contributed by atoms with van der Waals surface area (Å²) in [7, 11) is 0. The highest BCUT2D eigenvalue weighted by Crippen LogP contribution is 2.06. The van der Waals surface area contributed by atoms with Crippen LogP contribution in [0.5, 0.6) is 0 Å². The monoisotopic (exact) mass is 349 g/mol. The number of aromatic nitrogens is 2. The van der Waals surface area contributed by atoms with Crippen LogP contribution in [0, 0.1) is 0 Å². The second kappa shape index (κ2) is 7.87. The van der Waals surface area contributed by atoms with E-state index in [4.69, 9.17) is 0 Å². The van der Waals surface area contributed by atoms with Gasteiger partial charge in [-0.15, -0.1) is 11.3 Å². The summed E-state index contributed by atoms with van der Waals surface area (Å²) in [6, 6.07) is 0. The highest BCUT2D eigenvalue weighted by molar-refractivity contribution is 7.15. The minimum Gasteiger partial charge on any atom is -0.352 e. The molecule has 0 spiro atoms. The van der Waals surface area contributed by atoms with Crippen LogP contribution in [0.15, 0.2) is 22.6 Å². The molecule has 0 unspecified atom stereocenters. The molecule has 1 fully saturated rings. The van der Waals surface area contributed by atoms with Crippen LogP contribution < -0.4 is 10.9 Å². The average molecular weight is 349 g/mol. The molecule has 1 saturated heterocycles. The molecule has 8 heteroatoms. The van der Waals surface area contributed by atoms with Crippen molar-refractivity contribution >= 4 is 22.2 Å². The van der Waals surface area contributed by atoms with Crippen molar-refractivity contribution < 1.29 is 4.79 Å². The van der Waals surface area contributed by atoms with E-state index >= 15 is 0 Å². The molecule has 3 rings (SSSR count). The van der Waals surface area contributed by atoms with Gasteiger partial charge >= 0.3 is 0 Å². The third-order valence-electron chi connectivity index (χ3n) is 4.44. The van der Waals surface area contributed by atoms with Crippen LogP contribution in [0.4, 0.5) is 0 Å². The molecule has 3 heterocycles. The summed E-state index contributed by atoms with van der Waals surface area (Å²) in [6.07, 6.45) is 3.89. The number of carbonyl (C=O) groups excluding carboxylic acids is 1. The normalized spacial score (nSPS) is 16.5. The molecule has 2 aromatic heterocycles. The fraction of sp³-hybridized carbons (Fsp3) is 0.562. The fourth-order valence-corrected chi connectivity index (χ4v) is 3.58. The number of hydrogen-bond acceptors (Lipinski definition) is 6. The number of hydrogen-bond donors (Lipinski definition) is 1. The summed E-state index contributed by atoms with van der Waals surface area (Å²) in [4.78, 5) is 34.0. The number of piperazine rings is 1. The van der Waals surface area contributed by atoms with Crippen molar-refractivity contribution in [3.05, 3.63) is 33.7 Å². The van der Waals surface area contributed by atoms with Crippen LogP contribution in [0.1, 0.15) is 23.7 Å². The first-order valence-corrected chi connectivity index (χ1v) is 9.24. The van der Waals surface area contributed by atoms with Crippen LogP contribution in [-0.2, 0) is 0 Å². The smallest absolute Gasteiger partial charge is 0.271 e. The Labute approximate surface area is 144 Å². The topological polar surface area (TPSA) is 69.9 Å². The molecule has 0 bridgehead atoms. The van der Waals surface area contributed by atoms with Gasteiger partial charge < -0.3 is 15.1 Å². The van der Waals surface area contributed by atoms with Gasteiger partial charge in [0, 0.05) is 50.5 Å². The van der Waals surface area contributed by atoms with Crippen molar-refractivity contribution in [1.82, 2.24) is 24.5 Å². The first-order valence-electron chi connectivity index (χ1n) is 8.37. The Morgan fingerprint density at radius 1 is 1.29 bits per heavy atom. The Morgan fingerprint density at radius 2 is 2.04 bits per heavy atom. The minimum absolute atomic E-state index is 0.0995. The maximum absolute atomic E-state index is 12.2. The molecular formula is C16H23N5O2S. The zero-order valence-corrected chi connectivity index (χ0v) is 14.7. The predicted octanol–water partition coefficient (Wildman–Crippen LogP) is 0.513. The number of nitrogens with one attached hydrogen (secondary N) is 1. The second-order valence-corrected chi connectivity index (χ2v) is 6.79. The van der Waals surface area contributed by atoms with Gasteiger partial charge in [-0.3, -0.25) is 14.0 Å². The van der Waals surface area contributed by atoms with Gasteiger partial charge in [-0.1, -0.05) is 6.92 Å². The van der Waals surface area contributed by atoms with E-state index in [-0.39, 0.29) is 17.0 Å². The van der Waals surface area contributed by atoms with E-state index in [9.17, 15) is 9.59 Å². The molecule has 0 saturated carbocycles. The number of thiazole rings is 1. The third kappa shape index (κ3) is 3.82. The molecule has 24 heavy (non-hydrogen) atoms. The first kappa shape index (κ1) is 17.1. The van der Waals surface area contributed by atoms with Gasteiger partial charge in [-0.2, -0.15) is 0 Å². The lowest BCUT2D eigenvalue weighted by Crippen LogP contribution is -2.46. The van der Waals surface area contributed by atoms with Crippen LogP contribution in [-0.4, -0.2) is 70.9 Å². The molecule has 0 atom stereocenters. The quantitative estimate of drug-likeness (QED) is 0.770. The number of rotatable bonds is 6. The number of nitrogens with zero attached hydrogens (tertiary/aromatic N) is 4. The Kier molecular flexibility index (Phi) is 5.60. The van der Waals surface area contributed by atoms with Crippen molar-refractivity contribution in [3.8, 4) is 0 Å². The van der Waals surface area contributed by atoms with Crippen LogP contribution in [0.2, 0.25) is 0 Å². The Morgan fingerprint density at radius 3 is 2.79 bits per heavy atom. The summed E-state index contributed by atoms with van der Waals surface area (Å²) >= 11 is 1.37. The van der Waals surface area contributed by atoms with E-state index in [0.717, 1.165) is 45.7 Å². The van der Waals surface area contributed by atoms with Crippen molar-refractivity contribution in [3.63, 3.8) is 0 Å². The molecule has 1 aliphatic heterocycles. The molecule has 1 amide bonds. The Balaban J connectivity index is 1.45. The molecule has 0 aromatic carbocycles. The lowest BCUT2D eigenvalue weighted by Gasteiger charge is -2.33. The molecule has 0 radical (unpaired) electrons. The van der Waals surface area contributed by atoms with Gasteiger partial charge in [-0.05, 0) is 19.5 Å². The highest BCUT2D eigenvalue weighted by Gasteiger charge is 2.16. The molecule has 7 nitrogen and oxygen atoms in total. The van der Waals surface area contributed by atoms with Gasteiger partial charge in [-0.25, -0.2) is 4.98 Å². The molecular weight excluding hydrogens is 326 g/mol. The molecule has 2 aromatic rings. The summed E-state index contributed by atoms with van der Waals surface area (Å²) < 4.78 is 1.41. The van der Waals surface area contributed by atoms with Crippen molar-refractivity contribution in [2.75, 3.05) is 45.8 Å². The van der Waals surface area contributed by atoms with Crippen molar-refractivity contribution in [2.45, 2.75) is 13.3 Å². The van der Waals surface area contributed by atoms with Crippen molar-refractivity contribution in [1.29, 1.82) is 0 Å². The summed E-state index contributed by atoms with van der Waals surface area (Å²) in [5.74, 6) is -0.344. The van der Waals surface area contributed by atoms with Gasteiger partial charge in [0.15, 0.2) is 4.96 Å². The number of carbonyl (C=O) groups is 1.